The quantitative estimate of drug-likeness (QED) is 0.504. The van der Waals surface area contributed by atoms with Crippen LogP contribution in [0, 0.1) is 0 Å². The van der Waals surface area contributed by atoms with Crippen molar-refractivity contribution >= 4 is 22.9 Å². The maximum atomic E-state index is 13.3. The molecule has 0 unspecified atom stereocenters. The van der Waals surface area contributed by atoms with Crippen molar-refractivity contribution in [3.05, 3.63) is 64.8 Å². The van der Waals surface area contributed by atoms with Crippen LogP contribution >= 0.6 is 11.3 Å². The van der Waals surface area contributed by atoms with Gasteiger partial charge in [-0.05, 0) is 47.2 Å². The fourth-order valence-corrected chi connectivity index (χ4v) is 4.62. The zero-order valence-electron chi connectivity index (χ0n) is 16.7. The number of fused-ring (bicyclic) bond motifs is 2. The average molecular weight is 420 g/mol. The summed E-state index contributed by atoms with van der Waals surface area (Å²) in [5.41, 5.74) is 4.25. The summed E-state index contributed by atoms with van der Waals surface area (Å²) in [6.07, 6.45) is 4.10. The highest BCUT2D eigenvalue weighted by Crippen LogP contribution is 2.34. The molecule has 1 aliphatic heterocycles. The topological polar surface area (TPSA) is 69.0 Å². The number of benzene rings is 1. The number of nitrogens with zero attached hydrogens (tertiary/aromatic N) is 4. The van der Waals surface area contributed by atoms with Crippen LogP contribution in [-0.2, 0) is 13.0 Å². The van der Waals surface area contributed by atoms with Crippen molar-refractivity contribution in [3.63, 3.8) is 0 Å². The number of aromatic nitrogens is 3. The van der Waals surface area contributed by atoms with Crippen LogP contribution in [0.1, 0.15) is 21.5 Å². The summed E-state index contributed by atoms with van der Waals surface area (Å²) >= 11 is 1.63. The Balaban J connectivity index is 1.48. The Kier molecular flexibility index (Phi) is 4.63. The summed E-state index contributed by atoms with van der Waals surface area (Å²) in [7, 11) is 3.25. The largest absolute Gasteiger partial charge is 0.493 e. The normalized spacial score (nSPS) is 13.3. The molecular formula is C22H20N4O3S. The summed E-state index contributed by atoms with van der Waals surface area (Å²) in [4.78, 5) is 20.7. The van der Waals surface area contributed by atoms with Gasteiger partial charge in [0, 0.05) is 19.3 Å². The van der Waals surface area contributed by atoms with Gasteiger partial charge < -0.3 is 14.4 Å². The first-order valence-corrected chi connectivity index (χ1v) is 10.5. The molecular weight excluding hydrogens is 400 g/mol. The van der Waals surface area contributed by atoms with Gasteiger partial charge in [-0.3, -0.25) is 4.79 Å². The standard InChI is InChI=1S/C22H20N4O3S/c1-28-18-10-14-6-8-25(13-15(14)11-19(18)29-2)22(27)16-12-24-26-17(5-7-23-21(16)26)20-4-3-9-30-20/h3-5,7,9-12H,6,8,13H2,1-2H3. The van der Waals surface area contributed by atoms with Crippen molar-refractivity contribution in [3.8, 4) is 22.1 Å². The lowest BCUT2D eigenvalue weighted by atomic mass is 9.98. The van der Waals surface area contributed by atoms with Gasteiger partial charge in [-0.15, -0.1) is 11.3 Å². The van der Waals surface area contributed by atoms with E-state index in [1.54, 1.807) is 42.5 Å². The van der Waals surface area contributed by atoms with Gasteiger partial charge in [-0.2, -0.15) is 5.10 Å². The van der Waals surface area contributed by atoms with E-state index in [1.165, 1.54) is 5.56 Å². The van der Waals surface area contributed by atoms with Crippen LogP contribution in [-0.4, -0.2) is 46.2 Å². The van der Waals surface area contributed by atoms with E-state index in [2.05, 4.69) is 10.1 Å². The van der Waals surface area contributed by atoms with Crippen LogP contribution < -0.4 is 9.47 Å². The first kappa shape index (κ1) is 18.6. The molecule has 0 aliphatic carbocycles. The molecule has 4 aromatic rings. The molecule has 8 heteroatoms. The lowest BCUT2D eigenvalue weighted by Gasteiger charge is -2.29. The van der Waals surface area contributed by atoms with Gasteiger partial charge in [0.05, 0.1) is 31.0 Å². The predicted octanol–water partition coefficient (Wildman–Crippen LogP) is 3.67. The van der Waals surface area contributed by atoms with Crippen molar-refractivity contribution < 1.29 is 14.3 Å². The first-order valence-electron chi connectivity index (χ1n) is 9.59. The van der Waals surface area contributed by atoms with Gasteiger partial charge in [0.2, 0.25) is 0 Å². The van der Waals surface area contributed by atoms with E-state index in [0.717, 1.165) is 22.6 Å². The Morgan fingerprint density at radius 3 is 2.67 bits per heavy atom. The molecule has 0 N–H and O–H groups in total. The molecule has 152 valence electrons. The van der Waals surface area contributed by atoms with Gasteiger partial charge in [0.15, 0.2) is 17.1 Å². The summed E-state index contributed by atoms with van der Waals surface area (Å²) in [5, 5.41) is 6.48. The van der Waals surface area contributed by atoms with Crippen LogP contribution in [0.3, 0.4) is 0 Å². The summed E-state index contributed by atoms with van der Waals surface area (Å²) < 4.78 is 12.6. The fraction of sp³-hybridized carbons (Fsp3) is 0.227. The molecule has 0 atom stereocenters. The lowest BCUT2D eigenvalue weighted by molar-refractivity contribution is 0.0736. The van der Waals surface area contributed by atoms with E-state index in [9.17, 15) is 4.79 Å². The number of rotatable bonds is 4. The fourth-order valence-electron chi connectivity index (χ4n) is 3.88. The Labute approximate surface area is 177 Å². The highest BCUT2D eigenvalue weighted by atomic mass is 32.1. The zero-order valence-corrected chi connectivity index (χ0v) is 17.5. The minimum Gasteiger partial charge on any atom is -0.493 e. The molecule has 0 bridgehead atoms. The summed E-state index contributed by atoms with van der Waals surface area (Å²) in [6, 6.07) is 9.90. The Hall–Kier alpha value is -3.39. The van der Waals surface area contributed by atoms with E-state index in [0.29, 0.717) is 35.8 Å². The van der Waals surface area contributed by atoms with Crippen LogP contribution in [0.4, 0.5) is 0 Å². The van der Waals surface area contributed by atoms with Crippen LogP contribution in [0.25, 0.3) is 16.2 Å². The van der Waals surface area contributed by atoms with Crippen molar-refractivity contribution in [2.45, 2.75) is 13.0 Å². The minimum atomic E-state index is -0.0683. The molecule has 5 rings (SSSR count). The van der Waals surface area contributed by atoms with Crippen LogP contribution in [0.2, 0.25) is 0 Å². The second-order valence-electron chi connectivity index (χ2n) is 7.05. The zero-order chi connectivity index (χ0) is 20.7. The van der Waals surface area contributed by atoms with Gasteiger partial charge in [-0.25, -0.2) is 9.50 Å². The predicted molar refractivity (Wildman–Crippen MR) is 114 cm³/mol. The Bertz CT molecular complexity index is 1230. The molecule has 3 aromatic heterocycles. The number of methoxy groups -OCH3 is 2. The van der Waals surface area contributed by atoms with Gasteiger partial charge in [-0.1, -0.05) is 6.07 Å². The average Bonchev–Trinajstić information content (AvgIpc) is 3.47. The number of carbonyl (C=O) groups is 1. The van der Waals surface area contributed by atoms with E-state index in [-0.39, 0.29) is 5.91 Å². The SMILES string of the molecule is COc1cc2c(cc1OC)CN(C(=O)c1cnn3c(-c4cccs4)ccnc13)CC2. The molecule has 0 fully saturated rings. The third kappa shape index (κ3) is 3.00. The molecule has 4 heterocycles. The maximum absolute atomic E-state index is 13.3. The molecule has 1 aliphatic rings. The lowest BCUT2D eigenvalue weighted by Crippen LogP contribution is -2.36. The van der Waals surface area contributed by atoms with E-state index in [4.69, 9.17) is 9.47 Å². The maximum Gasteiger partial charge on any atom is 0.259 e. The monoisotopic (exact) mass is 420 g/mol. The molecule has 0 spiro atoms. The Morgan fingerprint density at radius 2 is 1.93 bits per heavy atom. The number of ether oxygens (including phenoxy) is 2. The van der Waals surface area contributed by atoms with Crippen LogP contribution in [0.15, 0.2) is 48.1 Å². The van der Waals surface area contributed by atoms with Crippen molar-refractivity contribution in [2.75, 3.05) is 20.8 Å². The van der Waals surface area contributed by atoms with Crippen molar-refractivity contribution in [2.24, 2.45) is 0 Å². The van der Waals surface area contributed by atoms with E-state index in [1.807, 2.05) is 40.6 Å². The molecule has 0 saturated carbocycles. The highest BCUT2D eigenvalue weighted by Gasteiger charge is 2.26. The highest BCUT2D eigenvalue weighted by molar-refractivity contribution is 7.13. The molecule has 7 nitrogen and oxygen atoms in total. The molecule has 0 saturated heterocycles. The smallest absolute Gasteiger partial charge is 0.259 e. The van der Waals surface area contributed by atoms with Gasteiger partial charge >= 0.3 is 0 Å². The molecule has 0 radical (unpaired) electrons. The van der Waals surface area contributed by atoms with E-state index < -0.39 is 0 Å². The molecule has 1 aromatic carbocycles. The summed E-state index contributed by atoms with van der Waals surface area (Å²) in [6.45, 7) is 1.14. The Morgan fingerprint density at radius 1 is 1.13 bits per heavy atom. The van der Waals surface area contributed by atoms with E-state index >= 15 is 0 Å². The minimum absolute atomic E-state index is 0.0683. The molecule has 30 heavy (non-hydrogen) atoms. The molecule has 1 amide bonds. The van der Waals surface area contributed by atoms with Gasteiger partial charge in [0.1, 0.15) is 5.56 Å². The first-order chi connectivity index (χ1) is 14.7. The van der Waals surface area contributed by atoms with Gasteiger partial charge in [0.25, 0.3) is 5.91 Å². The number of amides is 1. The summed E-state index contributed by atoms with van der Waals surface area (Å²) in [5.74, 6) is 1.31. The second kappa shape index (κ2) is 7.46. The van der Waals surface area contributed by atoms with Crippen molar-refractivity contribution in [1.29, 1.82) is 0 Å². The van der Waals surface area contributed by atoms with Crippen LogP contribution in [0.5, 0.6) is 11.5 Å². The number of hydrogen-bond acceptors (Lipinski definition) is 6. The van der Waals surface area contributed by atoms with Crippen molar-refractivity contribution in [1.82, 2.24) is 19.5 Å². The second-order valence-corrected chi connectivity index (χ2v) is 8.00. The third-order valence-electron chi connectivity index (χ3n) is 5.41. The number of hydrogen-bond donors (Lipinski definition) is 0. The number of thiophene rings is 1. The number of carbonyl (C=O) groups excluding carboxylic acids is 1. The third-order valence-corrected chi connectivity index (χ3v) is 6.30.